The zero-order valence-corrected chi connectivity index (χ0v) is 19.3. The Hall–Kier alpha value is -1.21. The summed E-state index contributed by atoms with van der Waals surface area (Å²) >= 11 is -1.92. The molecule has 1 atom stereocenters. The summed E-state index contributed by atoms with van der Waals surface area (Å²) in [5.41, 5.74) is 7.75. The Kier molecular flexibility index (Phi) is 4.71. The van der Waals surface area contributed by atoms with Crippen LogP contribution < -0.4 is 3.32 Å². The van der Waals surface area contributed by atoms with Crippen molar-refractivity contribution in [3.05, 3.63) is 77.4 Å². The van der Waals surface area contributed by atoms with Crippen LogP contribution in [0.4, 0.5) is 0 Å². The van der Waals surface area contributed by atoms with E-state index in [1.54, 1.807) is 14.5 Å². The summed E-state index contributed by atoms with van der Waals surface area (Å²) in [4.78, 5) is 0. The summed E-state index contributed by atoms with van der Waals surface area (Å²) in [6.45, 7) is 9.87. The van der Waals surface area contributed by atoms with Gasteiger partial charge in [-0.3, -0.25) is 0 Å². The molecule has 2 aliphatic rings. The molecular weight excluding hydrogens is 467 g/mol. The fraction of sp³-hybridized carbons (Fsp3) is 0.333. The van der Waals surface area contributed by atoms with E-state index < -0.39 is 21.4 Å². The third-order valence-corrected chi connectivity index (χ3v) is 18.4. The summed E-state index contributed by atoms with van der Waals surface area (Å²) in [6.07, 6.45) is 8.02. The monoisotopic (exact) mass is 495 g/mol. The van der Waals surface area contributed by atoms with Crippen LogP contribution in [0, 0.1) is 0 Å². The molecule has 0 heterocycles. The number of hydrogen-bond donors (Lipinski definition) is 0. The van der Waals surface area contributed by atoms with Crippen LogP contribution in [0.5, 0.6) is 0 Å². The van der Waals surface area contributed by atoms with Gasteiger partial charge in [-0.2, -0.15) is 0 Å². The van der Waals surface area contributed by atoms with E-state index in [9.17, 15) is 0 Å². The zero-order chi connectivity index (χ0) is 17.6. The molecule has 1 heteroatoms. The van der Waals surface area contributed by atoms with Crippen molar-refractivity contribution in [2.24, 2.45) is 0 Å². The van der Waals surface area contributed by atoms with Crippen LogP contribution in [0.3, 0.4) is 0 Å². The molecule has 127 valence electrons. The van der Waals surface area contributed by atoms with Gasteiger partial charge in [-0.25, -0.2) is 0 Å². The Morgan fingerprint density at radius 3 is 2.28 bits per heavy atom. The second-order valence-electron chi connectivity index (χ2n) is 7.93. The summed E-state index contributed by atoms with van der Waals surface area (Å²) in [5.74, 6) is 0.481. The summed E-state index contributed by atoms with van der Waals surface area (Å²) in [6, 6.07) is 16.3. The predicted octanol–water partition coefficient (Wildman–Crippen LogP) is 6.59. The van der Waals surface area contributed by atoms with E-state index in [-0.39, 0.29) is 0 Å². The Labute approximate surface area is 160 Å². The van der Waals surface area contributed by atoms with Crippen LogP contribution in [-0.4, -0.2) is 0 Å². The first-order valence-electron chi connectivity index (χ1n) is 9.54. The van der Waals surface area contributed by atoms with E-state index >= 15 is 0 Å². The average molecular weight is 494 g/mol. The van der Waals surface area contributed by atoms with Crippen LogP contribution in [0.15, 0.2) is 66.3 Å². The zero-order valence-electron chi connectivity index (χ0n) is 15.7. The average Bonchev–Trinajstić information content (AvgIpc) is 3.20. The maximum absolute atomic E-state index is 2.49. The fourth-order valence-electron chi connectivity index (χ4n) is 4.86. The van der Waals surface area contributed by atoms with E-state index in [4.69, 9.17) is 0 Å². The molecule has 0 spiro atoms. The van der Waals surface area contributed by atoms with Crippen molar-refractivity contribution >= 4 is 3.32 Å². The van der Waals surface area contributed by atoms with Gasteiger partial charge in [0.25, 0.3) is 0 Å². The molecule has 0 radical (unpaired) electrons. The Bertz CT molecular complexity index is 846. The standard InChI is InChI=1S/C18H13.2C3H7.Hf/c1-2-8-13(7-1)18-16-11-5-3-9-14(16)15-10-4-6-12-17(15)18;2*1-3-2;/h1-7,9-11,18H,8H2;2*3H,1-2H3;. The quantitative estimate of drug-likeness (QED) is 0.422. The van der Waals surface area contributed by atoms with Gasteiger partial charge >= 0.3 is 161 Å². The maximum atomic E-state index is 2.49. The Morgan fingerprint density at radius 2 is 1.60 bits per heavy atom. The first-order valence-corrected chi connectivity index (χ1v) is 15.5. The molecule has 25 heavy (non-hydrogen) atoms. The summed E-state index contributed by atoms with van der Waals surface area (Å²) in [7, 11) is 0. The van der Waals surface area contributed by atoms with Gasteiger partial charge in [0, 0.05) is 0 Å². The number of hydrogen-bond acceptors (Lipinski definition) is 0. The number of benzene rings is 2. The summed E-state index contributed by atoms with van der Waals surface area (Å²) in [5, 5.41) is 0. The first kappa shape index (κ1) is 17.2. The molecule has 1 unspecified atom stereocenters. The minimum absolute atomic E-state index is 0.481. The number of fused-ring (bicyclic) bond motifs is 3. The Morgan fingerprint density at radius 1 is 0.880 bits per heavy atom. The first-order chi connectivity index (χ1) is 12.1. The molecule has 0 saturated carbocycles. The molecule has 0 saturated heterocycles. The summed E-state index contributed by atoms with van der Waals surface area (Å²) < 4.78 is 3.49. The second-order valence-corrected chi connectivity index (χ2v) is 21.4. The van der Waals surface area contributed by atoms with Crippen LogP contribution in [-0.2, 0) is 21.4 Å². The number of rotatable bonds is 4. The number of allylic oxidation sites excluding steroid dienone is 4. The van der Waals surface area contributed by atoms with Gasteiger partial charge in [0.1, 0.15) is 0 Å². The molecule has 0 aromatic heterocycles. The Balaban J connectivity index is 1.96. The van der Waals surface area contributed by atoms with Crippen molar-refractivity contribution in [1.82, 2.24) is 0 Å². The third-order valence-electron chi connectivity index (χ3n) is 5.68. The van der Waals surface area contributed by atoms with E-state index in [2.05, 4.69) is 88.4 Å². The van der Waals surface area contributed by atoms with E-state index in [1.165, 1.54) is 16.7 Å². The van der Waals surface area contributed by atoms with Crippen molar-refractivity contribution in [3.63, 3.8) is 0 Å². The molecule has 2 aromatic carbocycles. The van der Waals surface area contributed by atoms with Gasteiger partial charge in [-0.1, -0.05) is 0 Å². The molecule has 2 aromatic rings. The molecule has 0 nitrogen and oxygen atoms in total. The molecule has 4 rings (SSSR count). The normalized spacial score (nSPS) is 17.8. The molecule has 0 N–H and O–H groups in total. The SMILES string of the molecule is C[CH](C)[Hf]([c]1cccc2c1C(C1=CC=CC1)c1ccccc1-2)[CH](C)C. The third kappa shape index (κ3) is 2.85. The van der Waals surface area contributed by atoms with Gasteiger partial charge in [0.2, 0.25) is 0 Å². The van der Waals surface area contributed by atoms with Gasteiger partial charge < -0.3 is 0 Å². The fourth-order valence-corrected chi connectivity index (χ4v) is 17.3. The molecule has 0 bridgehead atoms. The van der Waals surface area contributed by atoms with Crippen molar-refractivity contribution in [3.8, 4) is 11.1 Å². The van der Waals surface area contributed by atoms with Crippen molar-refractivity contribution in [2.75, 3.05) is 0 Å². The van der Waals surface area contributed by atoms with E-state index in [0.29, 0.717) is 5.92 Å². The predicted molar refractivity (Wildman–Crippen MR) is 105 cm³/mol. The van der Waals surface area contributed by atoms with E-state index in [1.807, 2.05) is 0 Å². The van der Waals surface area contributed by atoms with Gasteiger partial charge in [0.05, 0.1) is 0 Å². The molecular formula is C24H27Hf. The second kappa shape index (κ2) is 6.83. The molecule has 0 aliphatic heterocycles. The molecule has 0 fully saturated rings. The van der Waals surface area contributed by atoms with E-state index in [0.717, 1.165) is 13.8 Å². The van der Waals surface area contributed by atoms with Crippen LogP contribution >= 0.6 is 0 Å². The minimum atomic E-state index is -1.92. The molecule has 0 amide bonds. The van der Waals surface area contributed by atoms with Crippen LogP contribution in [0.25, 0.3) is 11.1 Å². The van der Waals surface area contributed by atoms with Crippen molar-refractivity contribution in [1.29, 1.82) is 0 Å². The molecule has 2 aliphatic carbocycles. The topological polar surface area (TPSA) is 0 Å². The van der Waals surface area contributed by atoms with Crippen LogP contribution in [0.2, 0.25) is 7.35 Å². The van der Waals surface area contributed by atoms with Crippen molar-refractivity contribution in [2.45, 2.75) is 47.4 Å². The van der Waals surface area contributed by atoms with Gasteiger partial charge in [-0.05, 0) is 0 Å². The van der Waals surface area contributed by atoms with Gasteiger partial charge in [0.15, 0.2) is 0 Å². The van der Waals surface area contributed by atoms with Gasteiger partial charge in [-0.15, -0.1) is 0 Å². The van der Waals surface area contributed by atoms with Crippen LogP contribution in [0.1, 0.15) is 51.2 Å². The van der Waals surface area contributed by atoms with Crippen molar-refractivity contribution < 1.29 is 21.4 Å².